The second kappa shape index (κ2) is 13.9. The predicted octanol–water partition coefficient (Wildman–Crippen LogP) is 5.56. The Hall–Kier alpha value is -2.53. The Morgan fingerprint density at radius 1 is 1.23 bits per heavy atom. The number of ether oxygens (including phenoxy) is 1. The Morgan fingerprint density at radius 2 is 1.95 bits per heavy atom. The standard InChI is InChI=1S/C28H34Cl2F3N3O4/c1-17-13-36(18(2)16-37)27(39)12-20-11-21(34-26(38)8-9-28(31,32)33)5-7-24(20)40-25(17)15-35(3)14-19-4-6-22(29)23(30)10-19/h4-7,10-11,17-18,25,37H,8-9,12-16H2,1-3H3,(H,34,38)/t17-,18-,25+/m0/s1. The molecule has 2 aromatic rings. The molecule has 0 radical (unpaired) electrons. The Labute approximate surface area is 242 Å². The zero-order chi connectivity index (χ0) is 29.6. The summed E-state index contributed by atoms with van der Waals surface area (Å²) in [6.45, 7) is 4.92. The minimum absolute atomic E-state index is 0.0650. The van der Waals surface area contributed by atoms with E-state index in [0.29, 0.717) is 41.0 Å². The van der Waals surface area contributed by atoms with Gasteiger partial charge in [0.25, 0.3) is 0 Å². The molecule has 0 saturated carbocycles. The summed E-state index contributed by atoms with van der Waals surface area (Å²) in [6.07, 6.45) is -6.80. The van der Waals surface area contributed by atoms with Gasteiger partial charge in [0.2, 0.25) is 11.8 Å². The smallest absolute Gasteiger partial charge is 0.389 e. The van der Waals surface area contributed by atoms with Gasteiger partial charge in [-0.15, -0.1) is 0 Å². The van der Waals surface area contributed by atoms with E-state index in [9.17, 15) is 27.9 Å². The lowest BCUT2D eigenvalue weighted by Gasteiger charge is -2.34. The van der Waals surface area contributed by atoms with Crippen LogP contribution in [0.15, 0.2) is 36.4 Å². The van der Waals surface area contributed by atoms with E-state index in [1.54, 1.807) is 42.2 Å². The summed E-state index contributed by atoms with van der Waals surface area (Å²) in [5, 5.41) is 13.2. The number of benzene rings is 2. The third kappa shape index (κ3) is 9.26. The number of alkyl halides is 3. The van der Waals surface area contributed by atoms with Crippen LogP contribution in [-0.4, -0.2) is 71.8 Å². The molecule has 0 bridgehead atoms. The van der Waals surface area contributed by atoms with E-state index < -0.39 is 31.0 Å². The van der Waals surface area contributed by atoms with Gasteiger partial charge in [0.15, 0.2) is 0 Å². The number of aliphatic hydroxyl groups is 1. The summed E-state index contributed by atoms with van der Waals surface area (Å²) in [5.74, 6) is -0.691. The van der Waals surface area contributed by atoms with Crippen molar-refractivity contribution in [1.82, 2.24) is 9.80 Å². The number of halogens is 5. The normalized spacial score (nSPS) is 18.9. The highest BCUT2D eigenvalue weighted by atomic mass is 35.5. The van der Waals surface area contributed by atoms with Gasteiger partial charge in [-0.25, -0.2) is 0 Å². The van der Waals surface area contributed by atoms with Crippen LogP contribution in [0.5, 0.6) is 5.75 Å². The van der Waals surface area contributed by atoms with Crippen molar-refractivity contribution < 1.29 is 32.6 Å². The van der Waals surface area contributed by atoms with Crippen LogP contribution in [0.1, 0.15) is 37.8 Å². The number of anilines is 1. The summed E-state index contributed by atoms with van der Waals surface area (Å²) in [4.78, 5) is 29.1. The number of fused-ring (bicyclic) bond motifs is 1. The zero-order valence-corrected chi connectivity index (χ0v) is 24.1. The summed E-state index contributed by atoms with van der Waals surface area (Å²) >= 11 is 12.2. The lowest BCUT2D eigenvalue weighted by atomic mass is 10.0. The van der Waals surface area contributed by atoms with E-state index in [1.165, 1.54) is 0 Å². The third-order valence-electron chi connectivity index (χ3n) is 6.76. The quantitative estimate of drug-likeness (QED) is 0.392. The van der Waals surface area contributed by atoms with E-state index >= 15 is 0 Å². The van der Waals surface area contributed by atoms with Crippen LogP contribution in [0.2, 0.25) is 10.0 Å². The number of hydrogen-bond acceptors (Lipinski definition) is 5. The predicted molar refractivity (Wildman–Crippen MR) is 149 cm³/mol. The first kappa shape index (κ1) is 32.0. The van der Waals surface area contributed by atoms with Crippen molar-refractivity contribution in [3.8, 4) is 5.75 Å². The van der Waals surface area contributed by atoms with E-state index in [0.717, 1.165) is 5.56 Å². The first-order valence-corrected chi connectivity index (χ1v) is 13.7. The van der Waals surface area contributed by atoms with Crippen molar-refractivity contribution in [2.75, 3.05) is 32.1 Å². The number of amides is 2. The highest BCUT2D eigenvalue weighted by molar-refractivity contribution is 6.42. The van der Waals surface area contributed by atoms with Crippen LogP contribution in [0.25, 0.3) is 0 Å². The SMILES string of the molecule is C[C@H]1CN([C@@H](C)CO)C(=O)Cc2cc(NC(=O)CCC(F)(F)F)ccc2O[C@@H]1CN(C)Cc1ccc(Cl)c(Cl)c1. The number of carbonyl (C=O) groups is 2. The van der Waals surface area contributed by atoms with Gasteiger partial charge in [-0.1, -0.05) is 36.2 Å². The van der Waals surface area contributed by atoms with Crippen molar-refractivity contribution in [3.63, 3.8) is 0 Å². The topological polar surface area (TPSA) is 82.1 Å². The number of carbonyl (C=O) groups excluding carboxylic acids is 2. The molecule has 0 aliphatic carbocycles. The summed E-state index contributed by atoms with van der Waals surface area (Å²) < 4.78 is 44.0. The first-order chi connectivity index (χ1) is 18.8. The Bertz CT molecular complexity index is 1200. The van der Waals surface area contributed by atoms with Gasteiger partial charge >= 0.3 is 6.18 Å². The lowest BCUT2D eigenvalue weighted by molar-refractivity contribution is -0.142. The van der Waals surface area contributed by atoms with Gasteiger partial charge in [0.1, 0.15) is 11.9 Å². The Balaban J connectivity index is 1.85. The largest absolute Gasteiger partial charge is 0.488 e. The van der Waals surface area contributed by atoms with Crippen molar-refractivity contribution in [1.29, 1.82) is 0 Å². The van der Waals surface area contributed by atoms with Crippen LogP contribution in [-0.2, 0) is 22.6 Å². The van der Waals surface area contributed by atoms with Gasteiger partial charge < -0.3 is 20.1 Å². The monoisotopic (exact) mass is 603 g/mol. The maximum absolute atomic E-state index is 13.3. The fraction of sp³-hybridized carbons (Fsp3) is 0.500. The van der Waals surface area contributed by atoms with Crippen molar-refractivity contribution >= 4 is 40.7 Å². The summed E-state index contributed by atoms with van der Waals surface area (Å²) in [5.41, 5.74) is 1.72. The molecule has 1 aliphatic heterocycles. The van der Waals surface area contributed by atoms with Gasteiger partial charge in [-0.05, 0) is 49.9 Å². The number of likely N-dealkylation sites (N-methyl/N-ethyl adjacent to an activating group) is 1. The van der Waals surface area contributed by atoms with Gasteiger partial charge in [0.05, 0.1) is 35.5 Å². The second-order valence-electron chi connectivity index (χ2n) is 10.3. The van der Waals surface area contributed by atoms with Crippen molar-refractivity contribution in [2.45, 2.75) is 58.0 Å². The third-order valence-corrected chi connectivity index (χ3v) is 7.50. The summed E-state index contributed by atoms with van der Waals surface area (Å²) in [6, 6.07) is 9.71. The van der Waals surface area contributed by atoms with Crippen LogP contribution in [0, 0.1) is 5.92 Å². The number of hydrogen-bond donors (Lipinski definition) is 2. The minimum Gasteiger partial charge on any atom is -0.488 e. The van der Waals surface area contributed by atoms with Crippen molar-refractivity contribution in [2.24, 2.45) is 5.92 Å². The molecule has 0 fully saturated rings. The van der Waals surface area contributed by atoms with Crippen LogP contribution in [0.4, 0.5) is 18.9 Å². The Kier molecular flexibility index (Phi) is 11.1. The number of rotatable bonds is 9. The molecule has 7 nitrogen and oxygen atoms in total. The molecule has 1 heterocycles. The van der Waals surface area contributed by atoms with E-state index in [4.69, 9.17) is 27.9 Å². The molecule has 0 spiro atoms. The molecule has 40 heavy (non-hydrogen) atoms. The zero-order valence-electron chi connectivity index (χ0n) is 22.6. The molecule has 0 aromatic heterocycles. The Morgan fingerprint density at radius 3 is 2.60 bits per heavy atom. The number of nitrogens with zero attached hydrogens (tertiary/aromatic N) is 2. The second-order valence-corrected chi connectivity index (χ2v) is 11.1. The molecule has 0 saturated heterocycles. The highest BCUT2D eigenvalue weighted by Crippen LogP contribution is 2.30. The molecular weight excluding hydrogens is 570 g/mol. The minimum atomic E-state index is -4.44. The van der Waals surface area contributed by atoms with Crippen molar-refractivity contribution in [3.05, 3.63) is 57.6 Å². The van der Waals surface area contributed by atoms with E-state index in [-0.39, 0.29) is 36.6 Å². The highest BCUT2D eigenvalue weighted by Gasteiger charge is 2.31. The molecule has 1 aliphatic rings. The number of aliphatic hydroxyl groups excluding tert-OH is 1. The average molecular weight is 604 g/mol. The lowest BCUT2D eigenvalue weighted by Crippen LogP contribution is -2.47. The van der Waals surface area contributed by atoms with Gasteiger partial charge in [0, 0.05) is 43.2 Å². The molecule has 2 amide bonds. The van der Waals surface area contributed by atoms with Gasteiger partial charge in [-0.3, -0.25) is 14.5 Å². The first-order valence-electron chi connectivity index (χ1n) is 12.9. The fourth-order valence-electron chi connectivity index (χ4n) is 4.53. The van der Waals surface area contributed by atoms with Crippen LogP contribution >= 0.6 is 23.2 Å². The van der Waals surface area contributed by atoms with E-state index in [1.807, 2.05) is 20.0 Å². The fourth-order valence-corrected chi connectivity index (χ4v) is 4.85. The molecule has 3 atom stereocenters. The molecule has 3 rings (SSSR count). The molecule has 2 aromatic carbocycles. The molecular formula is C28H34Cl2F3N3O4. The van der Waals surface area contributed by atoms with E-state index in [2.05, 4.69) is 10.2 Å². The molecule has 2 N–H and O–H groups in total. The average Bonchev–Trinajstić information content (AvgIpc) is 2.92. The van der Waals surface area contributed by atoms with Crippen LogP contribution in [0.3, 0.4) is 0 Å². The molecule has 220 valence electrons. The molecule has 12 heteroatoms. The van der Waals surface area contributed by atoms with Crippen LogP contribution < -0.4 is 10.1 Å². The maximum atomic E-state index is 13.3. The van der Waals surface area contributed by atoms with Gasteiger partial charge in [-0.2, -0.15) is 13.2 Å². The molecule has 0 unspecified atom stereocenters. The number of nitrogens with one attached hydrogen (secondary N) is 1. The maximum Gasteiger partial charge on any atom is 0.389 e. The summed E-state index contributed by atoms with van der Waals surface area (Å²) in [7, 11) is 1.94.